The predicted octanol–water partition coefficient (Wildman–Crippen LogP) is 4.88. The van der Waals surface area contributed by atoms with Crippen molar-refractivity contribution in [2.75, 3.05) is 5.73 Å². The number of alkyl halides is 3. The topological polar surface area (TPSA) is 54.7 Å². The molecule has 0 saturated heterocycles. The lowest BCUT2D eigenvalue weighted by Crippen LogP contribution is -2.27. The molecule has 0 bridgehead atoms. The zero-order valence-electron chi connectivity index (χ0n) is 12.2. The van der Waals surface area contributed by atoms with Gasteiger partial charge in [0.05, 0.1) is 5.56 Å². The van der Waals surface area contributed by atoms with E-state index in [0.717, 1.165) is 6.42 Å². The zero-order chi connectivity index (χ0) is 15.3. The van der Waals surface area contributed by atoms with Crippen LogP contribution in [0.4, 0.5) is 19.0 Å². The van der Waals surface area contributed by atoms with Crippen LogP contribution in [0.3, 0.4) is 0 Å². The van der Waals surface area contributed by atoms with Crippen molar-refractivity contribution in [3.63, 3.8) is 0 Å². The molecular formula is C15H24F3N3. The highest BCUT2D eigenvalue weighted by molar-refractivity contribution is 5.76. The summed E-state index contributed by atoms with van der Waals surface area (Å²) in [4.78, 5) is 0. The lowest BCUT2D eigenvalue weighted by Gasteiger charge is -2.39. The van der Waals surface area contributed by atoms with Gasteiger partial charge < -0.3 is 5.73 Å². The molecule has 2 rings (SSSR count). The van der Waals surface area contributed by atoms with Crippen LogP contribution in [0.25, 0.3) is 5.57 Å². The van der Waals surface area contributed by atoms with Gasteiger partial charge in [0.15, 0.2) is 5.82 Å². The van der Waals surface area contributed by atoms with Crippen LogP contribution in [0.1, 0.15) is 59.2 Å². The number of nitrogens with two attached hydrogens (primary N) is 1. The maximum atomic E-state index is 13.0. The Morgan fingerprint density at radius 1 is 1.24 bits per heavy atom. The maximum absolute atomic E-state index is 13.0. The van der Waals surface area contributed by atoms with Crippen molar-refractivity contribution >= 4 is 11.4 Å². The largest absolute Gasteiger partial charge is 0.433 e. The van der Waals surface area contributed by atoms with Crippen molar-refractivity contribution in [1.82, 2.24) is 10.2 Å². The molecular weight excluding hydrogens is 279 g/mol. The molecule has 1 heterocycles. The van der Waals surface area contributed by atoms with Crippen LogP contribution < -0.4 is 5.73 Å². The fourth-order valence-corrected chi connectivity index (χ4v) is 3.43. The molecule has 120 valence electrons. The Morgan fingerprint density at radius 2 is 1.81 bits per heavy atom. The van der Waals surface area contributed by atoms with E-state index in [1.165, 1.54) is 0 Å². The van der Waals surface area contributed by atoms with E-state index < -0.39 is 11.9 Å². The molecule has 0 fully saturated rings. The minimum absolute atomic E-state index is 0. The first-order chi connectivity index (χ1) is 8.91. The highest BCUT2D eigenvalue weighted by Crippen LogP contribution is 2.49. The number of allylic oxidation sites excluding steroid dienone is 2. The molecule has 3 nitrogen and oxygen atoms in total. The van der Waals surface area contributed by atoms with Gasteiger partial charge in [0.2, 0.25) is 0 Å². The van der Waals surface area contributed by atoms with Crippen LogP contribution >= 0.6 is 0 Å². The zero-order valence-corrected chi connectivity index (χ0v) is 12.2. The van der Waals surface area contributed by atoms with Gasteiger partial charge in [-0.15, -0.1) is 0 Å². The molecule has 1 aliphatic carbocycles. The summed E-state index contributed by atoms with van der Waals surface area (Å²) < 4.78 is 39.1. The number of nitrogens with one attached hydrogen (secondary N) is 1. The number of nitrogen functional groups attached to an aromatic ring is 1. The standard InChI is InChI=1S/C14H20F3N3.CH4/c1-12(2)5-8(6-13(3,4)7-12)9-10(14(15,16)17)19-20-11(9)18;/h5H,6-7H2,1-4H3,(H3,18,19,20);1H4. The summed E-state index contributed by atoms with van der Waals surface area (Å²) in [6.07, 6.45) is -1.10. The Labute approximate surface area is 123 Å². The normalized spacial score (nSPS) is 20.6. The molecule has 6 heteroatoms. The van der Waals surface area contributed by atoms with Crippen LogP contribution in [-0.4, -0.2) is 10.2 Å². The summed E-state index contributed by atoms with van der Waals surface area (Å²) in [5, 5.41) is 5.57. The SMILES string of the molecule is C.CC1(C)C=C(c2c(N)n[nH]c2C(F)(F)F)CC(C)(C)C1. The summed E-state index contributed by atoms with van der Waals surface area (Å²) in [5.74, 6) is -0.0860. The van der Waals surface area contributed by atoms with E-state index in [1.807, 2.05) is 25.0 Å². The Hall–Kier alpha value is -1.46. The lowest BCUT2D eigenvalue weighted by atomic mass is 9.66. The van der Waals surface area contributed by atoms with Gasteiger partial charge in [-0.1, -0.05) is 41.2 Å². The van der Waals surface area contributed by atoms with Crippen LogP contribution in [-0.2, 0) is 6.18 Å². The van der Waals surface area contributed by atoms with Crippen molar-refractivity contribution < 1.29 is 13.2 Å². The number of hydrogen-bond donors (Lipinski definition) is 2. The summed E-state index contributed by atoms with van der Waals surface area (Å²) in [7, 11) is 0. The van der Waals surface area contributed by atoms with E-state index in [4.69, 9.17) is 5.73 Å². The molecule has 0 saturated carbocycles. The Kier molecular flexibility index (Phi) is 4.25. The fourth-order valence-electron chi connectivity index (χ4n) is 3.43. The molecule has 0 unspecified atom stereocenters. The van der Waals surface area contributed by atoms with Gasteiger partial charge >= 0.3 is 6.18 Å². The average molecular weight is 303 g/mol. The van der Waals surface area contributed by atoms with Crippen LogP contribution in [0.15, 0.2) is 6.08 Å². The number of halogens is 3. The molecule has 0 spiro atoms. The highest BCUT2D eigenvalue weighted by atomic mass is 19.4. The first-order valence-corrected chi connectivity index (χ1v) is 6.54. The van der Waals surface area contributed by atoms with E-state index in [1.54, 1.807) is 0 Å². The van der Waals surface area contributed by atoms with Gasteiger partial charge in [-0.2, -0.15) is 18.3 Å². The second-order valence-corrected chi connectivity index (χ2v) is 7.03. The number of aromatic amines is 1. The van der Waals surface area contributed by atoms with Crippen molar-refractivity contribution in [3.05, 3.63) is 17.3 Å². The van der Waals surface area contributed by atoms with Crippen molar-refractivity contribution in [2.45, 2.75) is 54.1 Å². The molecule has 0 amide bonds. The molecule has 3 N–H and O–H groups in total. The Balaban J connectivity index is 0.00000220. The summed E-state index contributed by atoms with van der Waals surface area (Å²) in [6.45, 7) is 8.17. The third kappa shape index (κ3) is 3.60. The van der Waals surface area contributed by atoms with Crippen molar-refractivity contribution in [3.8, 4) is 0 Å². The second-order valence-electron chi connectivity index (χ2n) is 7.03. The van der Waals surface area contributed by atoms with Gasteiger partial charge in [0.25, 0.3) is 0 Å². The van der Waals surface area contributed by atoms with Gasteiger partial charge in [-0.3, -0.25) is 5.10 Å². The molecule has 1 aliphatic rings. The van der Waals surface area contributed by atoms with Crippen LogP contribution in [0, 0.1) is 10.8 Å². The quantitative estimate of drug-likeness (QED) is 0.777. The third-order valence-electron chi connectivity index (χ3n) is 3.57. The first-order valence-electron chi connectivity index (χ1n) is 6.54. The maximum Gasteiger partial charge on any atom is 0.433 e. The molecule has 0 aromatic carbocycles. The average Bonchev–Trinajstić information content (AvgIpc) is 2.54. The Morgan fingerprint density at radius 3 is 2.29 bits per heavy atom. The number of hydrogen-bond acceptors (Lipinski definition) is 2. The van der Waals surface area contributed by atoms with Crippen LogP contribution in [0.5, 0.6) is 0 Å². The summed E-state index contributed by atoms with van der Waals surface area (Å²) in [6, 6.07) is 0. The van der Waals surface area contributed by atoms with E-state index in [9.17, 15) is 13.2 Å². The fraction of sp³-hybridized carbons (Fsp3) is 0.667. The van der Waals surface area contributed by atoms with Gasteiger partial charge in [-0.25, -0.2) is 0 Å². The number of H-pyrrole nitrogens is 1. The Bertz CT molecular complexity index is 551. The van der Waals surface area contributed by atoms with E-state index in [2.05, 4.69) is 18.9 Å². The molecule has 21 heavy (non-hydrogen) atoms. The molecule has 1 aromatic rings. The van der Waals surface area contributed by atoms with E-state index >= 15 is 0 Å². The summed E-state index contributed by atoms with van der Waals surface area (Å²) in [5.41, 5.74) is 5.22. The number of nitrogens with zero attached hydrogens (tertiary/aromatic N) is 1. The van der Waals surface area contributed by atoms with Gasteiger partial charge in [-0.05, 0) is 29.2 Å². The summed E-state index contributed by atoms with van der Waals surface area (Å²) >= 11 is 0. The van der Waals surface area contributed by atoms with Crippen LogP contribution in [0.2, 0.25) is 0 Å². The van der Waals surface area contributed by atoms with Gasteiger partial charge in [0.1, 0.15) is 5.69 Å². The van der Waals surface area contributed by atoms with E-state index in [0.29, 0.717) is 12.0 Å². The van der Waals surface area contributed by atoms with Crippen molar-refractivity contribution in [1.29, 1.82) is 0 Å². The minimum Gasteiger partial charge on any atom is -0.382 e. The first kappa shape index (κ1) is 17.6. The van der Waals surface area contributed by atoms with Gasteiger partial charge in [0, 0.05) is 0 Å². The predicted molar refractivity (Wildman–Crippen MR) is 79.5 cm³/mol. The van der Waals surface area contributed by atoms with Crippen molar-refractivity contribution in [2.24, 2.45) is 10.8 Å². The number of rotatable bonds is 1. The smallest absolute Gasteiger partial charge is 0.382 e. The highest BCUT2D eigenvalue weighted by Gasteiger charge is 2.41. The molecule has 1 aromatic heterocycles. The minimum atomic E-state index is -4.48. The number of anilines is 1. The molecule has 0 atom stereocenters. The second kappa shape index (κ2) is 5.07. The lowest BCUT2D eigenvalue weighted by molar-refractivity contribution is -0.141. The third-order valence-corrected chi connectivity index (χ3v) is 3.57. The molecule has 0 radical (unpaired) electrons. The molecule has 0 aliphatic heterocycles. The monoisotopic (exact) mass is 303 g/mol. The van der Waals surface area contributed by atoms with E-state index in [-0.39, 0.29) is 29.6 Å². The number of aromatic nitrogens is 2.